The summed E-state index contributed by atoms with van der Waals surface area (Å²) in [5.41, 5.74) is 0.695. The van der Waals surface area contributed by atoms with Gasteiger partial charge in [0.25, 0.3) is 5.91 Å². The highest BCUT2D eigenvalue weighted by Gasteiger charge is 2.14. The van der Waals surface area contributed by atoms with E-state index < -0.39 is 6.10 Å². The molecule has 1 N–H and O–H groups in total. The summed E-state index contributed by atoms with van der Waals surface area (Å²) in [4.78, 5) is 12.2. The number of rotatable bonds is 9. The van der Waals surface area contributed by atoms with E-state index in [0.717, 1.165) is 5.75 Å². The van der Waals surface area contributed by atoms with Crippen LogP contribution in [0.5, 0.6) is 11.5 Å². The second-order valence-corrected chi connectivity index (χ2v) is 5.13. The van der Waals surface area contributed by atoms with E-state index in [9.17, 15) is 4.79 Å². The molecule has 5 nitrogen and oxygen atoms in total. The minimum absolute atomic E-state index is 0.205. The van der Waals surface area contributed by atoms with Gasteiger partial charge < -0.3 is 19.5 Å². The molecule has 0 aromatic heterocycles. The van der Waals surface area contributed by atoms with Gasteiger partial charge in [-0.25, -0.2) is 0 Å². The molecule has 0 bridgehead atoms. The molecule has 1 atom stereocenters. The highest BCUT2D eigenvalue weighted by molar-refractivity contribution is 5.94. The van der Waals surface area contributed by atoms with Crippen LogP contribution < -0.4 is 14.8 Å². The number of ether oxygens (including phenoxy) is 3. The van der Waals surface area contributed by atoms with Gasteiger partial charge in [-0.05, 0) is 50.2 Å². The Kier molecular flexibility index (Phi) is 7.11. The first-order valence-corrected chi connectivity index (χ1v) is 8.02. The summed E-state index contributed by atoms with van der Waals surface area (Å²) in [6.45, 7) is 5.40. The zero-order chi connectivity index (χ0) is 17.2. The molecule has 0 spiro atoms. The van der Waals surface area contributed by atoms with Crippen LogP contribution in [0.2, 0.25) is 0 Å². The van der Waals surface area contributed by atoms with Crippen molar-refractivity contribution >= 4 is 11.6 Å². The Balaban J connectivity index is 1.80. The summed E-state index contributed by atoms with van der Waals surface area (Å²) >= 11 is 0. The molecule has 0 heterocycles. The number of carbonyl (C=O) groups is 1. The third-order valence-corrected chi connectivity index (χ3v) is 3.25. The zero-order valence-corrected chi connectivity index (χ0v) is 14.0. The molecular formula is C19H23NO4. The van der Waals surface area contributed by atoms with Crippen molar-refractivity contribution in [2.24, 2.45) is 0 Å². The first-order chi connectivity index (χ1) is 11.7. The van der Waals surface area contributed by atoms with Crippen LogP contribution in [-0.4, -0.2) is 31.8 Å². The zero-order valence-electron chi connectivity index (χ0n) is 14.0. The lowest BCUT2D eigenvalue weighted by Gasteiger charge is -2.15. The normalized spacial score (nSPS) is 11.6. The molecule has 2 rings (SSSR count). The van der Waals surface area contributed by atoms with Gasteiger partial charge >= 0.3 is 0 Å². The molecule has 0 aliphatic rings. The second-order valence-electron chi connectivity index (χ2n) is 5.13. The van der Waals surface area contributed by atoms with E-state index in [1.165, 1.54) is 0 Å². The lowest BCUT2D eigenvalue weighted by atomic mass is 10.2. The van der Waals surface area contributed by atoms with Crippen molar-refractivity contribution in [3.63, 3.8) is 0 Å². The molecule has 0 fully saturated rings. The highest BCUT2D eigenvalue weighted by Crippen LogP contribution is 2.17. The minimum atomic E-state index is -0.588. The number of anilines is 1. The predicted molar refractivity (Wildman–Crippen MR) is 93.6 cm³/mol. The van der Waals surface area contributed by atoms with Gasteiger partial charge in [-0.2, -0.15) is 0 Å². The quantitative estimate of drug-likeness (QED) is 0.715. The Morgan fingerprint density at radius 2 is 1.71 bits per heavy atom. The molecular weight excluding hydrogens is 306 g/mol. The van der Waals surface area contributed by atoms with E-state index in [2.05, 4.69) is 5.32 Å². The fourth-order valence-corrected chi connectivity index (χ4v) is 2.00. The van der Waals surface area contributed by atoms with Crippen LogP contribution in [0, 0.1) is 0 Å². The van der Waals surface area contributed by atoms with Gasteiger partial charge in [0.2, 0.25) is 0 Å². The largest absolute Gasteiger partial charge is 0.491 e. The first kappa shape index (κ1) is 17.8. The standard InChI is InChI=1S/C19H23NO4/c1-3-22-13-14-23-17-11-9-16(10-12-17)20-19(21)15(2)24-18-7-5-4-6-8-18/h4-12,15H,3,13-14H2,1-2H3,(H,20,21). The van der Waals surface area contributed by atoms with Gasteiger partial charge in [-0.3, -0.25) is 4.79 Å². The van der Waals surface area contributed by atoms with Crippen LogP contribution in [0.3, 0.4) is 0 Å². The van der Waals surface area contributed by atoms with Crippen LogP contribution in [0.4, 0.5) is 5.69 Å². The molecule has 0 aliphatic carbocycles. The van der Waals surface area contributed by atoms with Crippen molar-refractivity contribution in [2.75, 3.05) is 25.1 Å². The third kappa shape index (κ3) is 5.93. The Hall–Kier alpha value is -2.53. The van der Waals surface area contributed by atoms with Crippen molar-refractivity contribution in [1.29, 1.82) is 0 Å². The van der Waals surface area contributed by atoms with Crippen molar-refractivity contribution < 1.29 is 19.0 Å². The average molecular weight is 329 g/mol. The Bertz CT molecular complexity index is 613. The fourth-order valence-electron chi connectivity index (χ4n) is 2.00. The summed E-state index contributed by atoms with van der Waals surface area (Å²) < 4.78 is 16.3. The average Bonchev–Trinajstić information content (AvgIpc) is 2.61. The SMILES string of the molecule is CCOCCOc1ccc(NC(=O)C(C)Oc2ccccc2)cc1. The van der Waals surface area contributed by atoms with E-state index in [1.54, 1.807) is 19.1 Å². The highest BCUT2D eigenvalue weighted by atomic mass is 16.5. The summed E-state index contributed by atoms with van der Waals surface area (Å²) in [6, 6.07) is 16.5. The van der Waals surface area contributed by atoms with Crippen LogP contribution in [0.15, 0.2) is 54.6 Å². The van der Waals surface area contributed by atoms with Crippen molar-refractivity contribution in [2.45, 2.75) is 20.0 Å². The first-order valence-electron chi connectivity index (χ1n) is 8.02. The van der Waals surface area contributed by atoms with Gasteiger partial charge in [0.1, 0.15) is 18.1 Å². The van der Waals surface area contributed by atoms with Crippen molar-refractivity contribution in [1.82, 2.24) is 0 Å². The molecule has 0 saturated heterocycles. The monoisotopic (exact) mass is 329 g/mol. The molecule has 24 heavy (non-hydrogen) atoms. The maximum absolute atomic E-state index is 12.2. The van der Waals surface area contributed by atoms with Gasteiger partial charge in [0, 0.05) is 12.3 Å². The Morgan fingerprint density at radius 1 is 1.00 bits per heavy atom. The smallest absolute Gasteiger partial charge is 0.265 e. The van der Waals surface area contributed by atoms with Crippen molar-refractivity contribution in [3.8, 4) is 11.5 Å². The summed E-state index contributed by atoms with van der Waals surface area (Å²) in [7, 11) is 0. The molecule has 0 radical (unpaired) electrons. The summed E-state index contributed by atoms with van der Waals surface area (Å²) in [5, 5.41) is 2.82. The van der Waals surface area contributed by atoms with Gasteiger partial charge in [0.05, 0.1) is 6.61 Å². The van der Waals surface area contributed by atoms with E-state index in [4.69, 9.17) is 14.2 Å². The number of hydrogen-bond donors (Lipinski definition) is 1. The Labute approximate surface area is 142 Å². The van der Waals surface area contributed by atoms with E-state index >= 15 is 0 Å². The fraction of sp³-hybridized carbons (Fsp3) is 0.316. The number of benzene rings is 2. The summed E-state index contributed by atoms with van der Waals surface area (Å²) in [5.74, 6) is 1.20. The van der Waals surface area contributed by atoms with E-state index in [1.807, 2.05) is 49.4 Å². The molecule has 0 aliphatic heterocycles. The molecule has 128 valence electrons. The number of amides is 1. The lowest BCUT2D eigenvalue weighted by molar-refractivity contribution is -0.122. The predicted octanol–water partition coefficient (Wildman–Crippen LogP) is 3.51. The van der Waals surface area contributed by atoms with Crippen LogP contribution in [0.25, 0.3) is 0 Å². The van der Waals surface area contributed by atoms with Crippen LogP contribution in [0.1, 0.15) is 13.8 Å². The maximum Gasteiger partial charge on any atom is 0.265 e. The topological polar surface area (TPSA) is 56.8 Å². The van der Waals surface area contributed by atoms with Gasteiger partial charge in [-0.1, -0.05) is 18.2 Å². The third-order valence-electron chi connectivity index (χ3n) is 3.25. The number of nitrogens with one attached hydrogen (secondary N) is 1. The van der Waals surface area contributed by atoms with E-state index in [0.29, 0.717) is 31.3 Å². The molecule has 2 aromatic rings. The minimum Gasteiger partial charge on any atom is -0.491 e. The van der Waals surface area contributed by atoms with E-state index in [-0.39, 0.29) is 5.91 Å². The summed E-state index contributed by atoms with van der Waals surface area (Å²) in [6.07, 6.45) is -0.588. The number of para-hydroxylation sites is 1. The lowest BCUT2D eigenvalue weighted by Crippen LogP contribution is -2.30. The van der Waals surface area contributed by atoms with Crippen LogP contribution >= 0.6 is 0 Å². The second kappa shape index (κ2) is 9.57. The van der Waals surface area contributed by atoms with Gasteiger partial charge in [-0.15, -0.1) is 0 Å². The molecule has 2 aromatic carbocycles. The molecule has 1 amide bonds. The van der Waals surface area contributed by atoms with Gasteiger partial charge in [0.15, 0.2) is 6.10 Å². The molecule has 1 unspecified atom stereocenters. The number of carbonyl (C=O) groups excluding carboxylic acids is 1. The maximum atomic E-state index is 12.2. The number of hydrogen-bond acceptors (Lipinski definition) is 4. The molecule has 5 heteroatoms. The van der Waals surface area contributed by atoms with Crippen LogP contribution in [-0.2, 0) is 9.53 Å². The Morgan fingerprint density at radius 3 is 2.38 bits per heavy atom. The van der Waals surface area contributed by atoms with Crippen molar-refractivity contribution in [3.05, 3.63) is 54.6 Å². The molecule has 0 saturated carbocycles.